The Hall–Kier alpha value is -3.45. The molecule has 0 radical (unpaired) electrons. The smallest absolute Gasteiger partial charge is 0.254 e. The summed E-state index contributed by atoms with van der Waals surface area (Å²) in [6.07, 6.45) is 1.55. The summed E-state index contributed by atoms with van der Waals surface area (Å²) in [6.45, 7) is 3.87. The summed E-state index contributed by atoms with van der Waals surface area (Å²) < 4.78 is 33.6. The van der Waals surface area contributed by atoms with Crippen LogP contribution in [0.5, 0.6) is 0 Å². The van der Waals surface area contributed by atoms with Crippen molar-refractivity contribution in [2.24, 2.45) is 0 Å². The molecule has 33 heavy (non-hydrogen) atoms. The molecule has 1 aliphatic rings. The van der Waals surface area contributed by atoms with Crippen LogP contribution in [-0.2, 0) is 4.74 Å². The maximum Gasteiger partial charge on any atom is 0.254 e. The Balaban J connectivity index is 1.64. The van der Waals surface area contributed by atoms with Crippen molar-refractivity contribution in [3.63, 3.8) is 0 Å². The lowest BCUT2D eigenvalue weighted by Gasteiger charge is -2.27. The largest absolute Gasteiger partial charge is 0.378 e. The summed E-state index contributed by atoms with van der Waals surface area (Å²) in [5.41, 5.74) is 2.58. The average Bonchev–Trinajstić information content (AvgIpc) is 2.83. The molecule has 2 heterocycles. The van der Waals surface area contributed by atoms with Gasteiger partial charge < -0.3 is 9.64 Å². The van der Waals surface area contributed by atoms with E-state index < -0.39 is 17.6 Å². The zero-order valence-corrected chi connectivity index (χ0v) is 18.3. The SMILES string of the molecule is Cc1cc(C(=O)CC(c2ccc(C(=O)N3CCOCC3)cc2)c2ccc(F)cc2F)ccn1. The number of rotatable bonds is 6. The summed E-state index contributed by atoms with van der Waals surface area (Å²) in [5, 5.41) is 0. The first-order valence-electron chi connectivity index (χ1n) is 10.8. The Kier molecular flexibility index (Phi) is 6.89. The van der Waals surface area contributed by atoms with Crippen LogP contribution in [0.2, 0.25) is 0 Å². The summed E-state index contributed by atoms with van der Waals surface area (Å²) in [6, 6.07) is 13.5. The minimum atomic E-state index is -0.716. The second kappa shape index (κ2) is 10.0. The Morgan fingerprint density at radius 1 is 1.00 bits per heavy atom. The topological polar surface area (TPSA) is 59.5 Å². The number of carbonyl (C=O) groups excluding carboxylic acids is 2. The summed E-state index contributed by atoms with van der Waals surface area (Å²) in [4.78, 5) is 31.6. The van der Waals surface area contributed by atoms with Gasteiger partial charge in [-0.25, -0.2) is 8.78 Å². The zero-order chi connectivity index (χ0) is 23.4. The number of ketones is 1. The molecule has 0 saturated carbocycles. The van der Waals surface area contributed by atoms with Gasteiger partial charge in [-0.2, -0.15) is 0 Å². The van der Waals surface area contributed by atoms with E-state index in [1.807, 2.05) is 0 Å². The first kappa shape index (κ1) is 22.7. The van der Waals surface area contributed by atoms with Gasteiger partial charge in [0.25, 0.3) is 5.91 Å². The highest BCUT2D eigenvalue weighted by atomic mass is 19.1. The fourth-order valence-electron chi connectivity index (χ4n) is 4.02. The lowest BCUT2D eigenvalue weighted by Crippen LogP contribution is -2.40. The van der Waals surface area contributed by atoms with Crippen molar-refractivity contribution in [1.82, 2.24) is 9.88 Å². The van der Waals surface area contributed by atoms with Crippen LogP contribution in [-0.4, -0.2) is 47.9 Å². The van der Waals surface area contributed by atoms with Gasteiger partial charge in [-0.05, 0) is 48.4 Å². The van der Waals surface area contributed by atoms with Crippen molar-refractivity contribution < 1.29 is 23.1 Å². The second-order valence-corrected chi connectivity index (χ2v) is 8.06. The van der Waals surface area contributed by atoms with Gasteiger partial charge in [0.1, 0.15) is 11.6 Å². The van der Waals surface area contributed by atoms with Crippen LogP contribution >= 0.6 is 0 Å². The standard InChI is InChI=1S/C26H24F2N2O3/c1-17-14-20(8-9-29-17)25(31)16-23(22-7-6-21(27)15-24(22)28)18-2-4-19(5-3-18)26(32)30-10-12-33-13-11-30/h2-9,14-15,23H,10-13,16H2,1H3. The fraction of sp³-hybridized carbons (Fsp3) is 0.269. The zero-order valence-electron chi connectivity index (χ0n) is 18.3. The highest BCUT2D eigenvalue weighted by Gasteiger charge is 2.24. The number of benzene rings is 2. The van der Waals surface area contributed by atoms with Crippen LogP contribution < -0.4 is 0 Å². The number of ether oxygens (including phenoxy) is 1. The van der Waals surface area contributed by atoms with Gasteiger partial charge in [0.2, 0.25) is 0 Å². The summed E-state index contributed by atoms with van der Waals surface area (Å²) in [7, 11) is 0. The van der Waals surface area contributed by atoms with Crippen molar-refractivity contribution in [3.8, 4) is 0 Å². The minimum absolute atomic E-state index is 0.0111. The molecule has 4 rings (SSSR count). The number of aromatic nitrogens is 1. The maximum absolute atomic E-state index is 14.7. The molecule has 5 nitrogen and oxygen atoms in total. The van der Waals surface area contributed by atoms with E-state index in [4.69, 9.17) is 4.74 Å². The molecule has 7 heteroatoms. The Morgan fingerprint density at radius 2 is 1.73 bits per heavy atom. The van der Waals surface area contributed by atoms with Crippen molar-refractivity contribution in [2.75, 3.05) is 26.3 Å². The molecular weight excluding hydrogens is 426 g/mol. The molecular formula is C26H24F2N2O3. The van der Waals surface area contributed by atoms with Gasteiger partial charge in [-0.15, -0.1) is 0 Å². The molecule has 1 amide bonds. The minimum Gasteiger partial charge on any atom is -0.378 e. The summed E-state index contributed by atoms with van der Waals surface area (Å²) >= 11 is 0. The van der Waals surface area contributed by atoms with Crippen LogP contribution in [0.4, 0.5) is 8.78 Å². The second-order valence-electron chi connectivity index (χ2n) is 8.06. The van der Waals surface area contributed by atoms with E-state index in [9.17, 15) is 18.4 Å². The van der Waals surface area contributed by atoms with E-state index in [0.717, 1.165) is 6.07 Å². The predicted octanol–water partition coefficient (Wildman–Crippen LogP) is 4.55. The molecule has 3 aromatic rings. The number of carbonyl (C=O) groups is 2. The number of morpholine rings is 1. The van der Waals surface area contributed by atoms with Crippen LogP contribution in [0.25, 0.3) is 0 Å². The van der Waals surface area contributed by atoms with E-state index in [0.29, 0.717) is 48.7 Å². The Labute approximate surface area is 191 Å². The van der Waals surface area contributed by atoms with Gasteiger partial charge in [-0.3, -0.25) is 14.6 Å². The van der Waals surface area contributed by atoms with Crippen LogP contribution in [0.3, 0.4) is 0 Å². The first-order chi connectivity index (χ1) is 15.9. The summed E-state index contributed by atoms with van der Waals surface area (Å²) in [5.74, 6) is -2.32. The third kappa shape index (κ3) is 5.31. The van der Waals surface area contributed by atoms with Crippen molar-refractivity contribution >= 4 is 11.7 Å². The molecule has 1 unspecified atom stereocenters. The Morgan fingerprint density at radius 3 is 2.39 bits per heavy atom. The molecule has 170 valence electrons. The number of aryl methyl sites for hydroxylation is 1. The molecule has 1 aromatic heterocycles. The maximum atomic E-state index is 14.7. The monoisotopic (exact) mass is 450 g/mol. The molecule has 2 aromatic carbocycles. The lowest BCUT2D eigenvalue weighted by molar-refractivity contribution is 0.0303. The number of hydrogen-bond donors (Lipinski definition) is 0. The van der Waals surface area contributed by atoms with Crippen LogP contribution in [0.15, 0.2) is 60.8 Å². The molecule has 1 atom stereocenters. The first-order valence-corrected chi connectivity index (χ1v) is 10.8. The van der Waals surface area contributed by atoms with Gasteiger partial charge in [0.15, 0.2) is 5.78 Å². The number of nitrogens with zero attached hydrogens (tertiary/aromatic N) is 2. The van der Waals surface area contributed by atoms with Crippen LogP contribution in [0.1, 0.15) is 49.9 Å². The molecule has 0 spiro atoms. The molecule has 1 saturated heterocycles. The van der Waals surface area contributed by atoms with E-state index in [1.54, 1.807) is 54.4 Å². The molecule has 0 bridgehead atoms. The van der Waals surface area contributed by atoms with Crippen molar-refractivity contribution in [1.29, 1.82) is 0 Å². The molecule has 0 N–H and O–H groups in total. The quantitative estimate of drug-likeness (QED) is 0.517. The van der Waals surface area contributed by atoms with Gasteiger partial charge in [-0.1, -0.05) is 18.2 Å². The van der Waals surface area contributed by atoms with Crippen molar-refractivity contribution in [2.45, 2.75) is 19.3 Å². The average molecular weight is 450 g/mol. The van der Waals surface area contributed by atoms with Gasteiger partial charge >= 0.3 is 0 Å². The third-order valence-electron chi connectivity index (χ3n) is 5.80. The van der Waals surface area contributed by atoms with Gasteiger partial charge in [0, 0.05) is 54.5 Å². The van der Waals surface area contributed by atoms with E-state index in [1.165, 1.54) is 12.1 Å². The van der Waals surface area contributed by atoms with Gasteiger partial charge in [0.05, 0.1) is 13.2 Å². The molecule has 1 aliphatic heterocycles. The molecule has 1 fully saturated rings. The third-order valence-corrected chi connectivity index (χ3v) is 5.80. The van der Waals surface area contributed by atoms with E-state index >= 15 is 0 Å². The molecule has 0 aliphatic carbocycles. The highest BCUT2D eigenvalue weighted by Crippen LogP contribution is 2.32. The number of hydrogen-bond acceptors (Lipinski definition) is 4. The fourth-order valence-corrected chi connectivity index (χ4v) is 4.02. The lowest BCUT2D eigenvalue weighted by atomic mass is 9.85. The van der Waals surface area contributed by atoms with E-state index in [-0.39, 0.29) is 23.7 Å². The predicted molar refractivity (Wildman–Crippen MR) is 119 cm³/mol. The number of amides is 1. The number of halogens is 2. The number of pyridine rings is 1. The number of Topliss-reactive ketones (excluding diaryl/α,β-unsaturated/α-hetero) is 1. The normalized spacial score (nSPS) is 14.7. The Bertz CT molecular complexity index is 1160. The highest BCUT2D eigenvalue weighted by molar-refractivity contribution is 5.97. The van der Waals surface area contributed by atoms with Crippen LogP contribution in [0, 0.1) is 18.6 Å². The van der Waals surface area contributed by atoms with Crippen molar-refractivity contribution in [3.05, 3.63) is 100 Å². The van der Waals surface area contributed by atoms with E-state index in [2.05, 4.69) is 4.98 Å².